The molecule has 9 N–H and O–H groups in total. The Morgan fingerprint density at radius 3 is 1.15 bits per heavy atom. The first-order chi connectivity index (χ1) is 50.0. The molecule has 8 aromatic carbocycles. The van der Waals surface area contributed by atoms with Crippen LogP contribution in [-0.4, -0.2) is 80.4 Å². The summed E-state index contributed by atoms with van der Waals surface area (Å²) < 4.78 is 69.2. The molecule has 0 radical (unpaired) electrons. The standard InChI is InChI=1S/C18H15Br2FN2O5.C18H16Br2FNO4.C18H14Br2N2O4.C18H16Cl2FNO4/c1-9(24)23-14-4-2-3-10(16(14)21)8-28-17-12(19)5-11(6-13(17)20)18(27)22-7-15(25)26;1-10(23)22-15-4-2-3-12(17(15)21)9-26-18-13(19)7-11(8-14(18)20)5-6-16(24)25;1-10(23)22-14-3-12(8-21)2-13(4-14)9-26-18-15(19)5-11(6-16(18)20)7-17(24)25;1-10(23)22-15-4-2-3-12(17(15)21)9-26-18-13(19)7-11(8-14(18)20)5-6-16(24)25/h2-6H,7-8H2,1H3,(H,22,27)(H,23,24)(H,25,26);2-4,7-8H,5-6,9H2,1H3,(H,22,23)(H,24,25);2-6H,7,9H2,1H3,(H,22,23)(H,24,25);2-4,7-8H,5-6,9H2,1H3,(H,22,23)(H,24,25). The number of nitrogens with zero attached hydrogens (tertiary/aromatic N) is 1. The lowest BCUT2D eigenvalue weighted by Crippen LogP contribution is -2.29. The summed E-state index contributed by atoms with van der Waals surface area (Å²) in [6.07, 6.45) is 0.554. The van der Waals surface area contributed by atoms with E-state index in [0.717, 1.165) is 5.56 Å². The number of hydrogen-bond donors (Lipinski definition) is 9. The number of carboxylic acids is 4. The molecular weight excluding hydrogens is 1830 g/mol. The van der Waals surface area contributed by atoms with E-state index in [2.05, 4.69) is 122 Å². The zero-order valence-corrected chi connectivity index (χ0v) is 66.8. The molecular formula is C72H61Br6Cl2F3N6O17. The van der Waals surface area contributed by atoms with Crippen LogP contribution in [0.15, 0.2) is 148 Å². The molecule has 8 rings (SSSR count). The molecule has 0 aliphatic carbocycles. The maximum Gasteiger partial charge on any atom is 0.322 e. The van der Waals surface area contributed by atoms with Crippen LogP contribution in [0.3, 0.4) is 0 Å². The van der Waals surface area contributed by atoms with Gasteiger partial charge in [-0.15, -0.1) is 0 Å². The normalized spacial score (nSPS) is 10.3. The number of anilines is 4. The van der Waals surface area contributed by atoms with Gasteiger partial charge in [0.05, 0.1) is 72.0 Å². The molecule has 5 amide bonds. The summed E-state index contributed by atoms with van der Waals surface area (Å²) in [4.78, 5) is 99.2. The zero-order valence-electron chi connectivity index (χ0n) is 55.8. The second-order valence-corrected chi connectivity index (χ2v) is 28.1. The number of nitriles is 1. The summed E-state index contributed by atoms with van der Waals surface area (Å²) in [6, 6.07) is 33.8. The predicted octanol–water partition coefficient (Wildman–Crippen LogP) is 17.5. The van der Waals surface area contributed by atoms with Gasteiger partial charge < -0.3 is 66.0 Å². The number of nitrogens with one attached hydrogen (secondary N) is 5. The van der Waals surface area contributed by atoms with Crippen molar-refractivity contribution in [2.75, 3.05) is 27.8 Å². The number of benzene rings is 8. The number of amides is 5. The van der Waals surface area contributed by atoms with Crippen molar-refractivity contribution in [1.82, 2.24) is 5.32 Å². The Morgan fingerprint density at radius 2 is 0.792 bits per heavy atom. The van der Waals surface area contributed by atoms with Gasteiger partial charge in [-0.1, -0.05) is 59.6 Å². The average Bonchev–Trinajstić information content (AvgIpc) is 0.836. The number of ether oxygens (including phenoxy) is 4. The zero-order chi connectivity index (χ0) is 78.6. The molecule has 0 bridgehead atoms. The number of carboxylic acid groups (broad SMARTS) is 4. The van der Waals surface area contributed by atoms with Gasteiger partial charge in [0.1, 0.15) is 50.2 Å². The number of carbonyl (C=O) groups excluding carboxylic acids is 5. The summed E-state index contributed by atoms with van der Waals surface area (Å²) in [5.74, 6) is -6.04. The smallest absolute Gasteiger partial charge is 0.322 e. The SMILES string of the molecule is CC(=O)Nc1cc(C#N)cc(COc2c(Br)cc(CC(=O)O)cc2Br)c1.CC(=O)Nc1cccc(COc2c(Br)cc(C(=O)NCC(=O)O)cc2Br)c1F.CC(=O)Nc1cccc(COc2c(Br)cc(CCC(=O)O)cc2Br)c1F.CC(=O)Nc1cccc(COc2c(Cl)cc(CCC(=O)O)cc2Cl)c1F. The molecule has 34 heteroatoms. The van der Waals surface area contributed by atoms with Gasteiger partial charge in [-0.2, -0.15) is 5.26 Å². The Balaban J connectivity index is 0.000000254. The van der Waals surface area contributed by atoms with Gasteiger partial charge in [0, 0.05) is 68.5 Å². The van der Waals surface area contributed by atoms with E-state index in [1.165, 1.54) is 70.2 Å². The maximum atomic E-state index is 14.4. The highest BCUT2D eigenvalue weighted by molar-refractivity contribution is 9.12. The van der Waals surface area contributed by atoms with Gasteiger partial charge in [-0.05, 0) is 216 Å². The molecule has 0 aromatic heterocycles. The lowest BCUT2D eigenvalue weighted by molar-refractivity contribution is -0.138. The lowest BCUT2D eigenvalue weighted by Gasteiger charge is -2.14. The largest absolute Gasteiger partial charge is 0.487 e. The highest BCUT2D eigenvalue weighted by Gasteiger charge is 2.20. The quantitative estimate of drug-likeness (QED) is 0.0231. The Kier molecular flexibility index (Phi) is 35.5. The molecule has 23 nitrogen and oxygen atoms in total. The van der Waals surface area contributed by atoms with E-state index in [-0.39, 0.29) is 125 Å². The third kappa shape index (κ3) is 29.0. The molecule has 0 saturated carbocycles. The van der Waals surface area contributed by atoms with Crippen LogP contribution in [0.5, 0.6) is 23.0 Å². The summed E-state index contributed by atoms with van der Waals surface area (Å²) in [5, 5.41) is 56.7. The summed E-state index contributed by atoms with van der Waals surface area (Å²) >= 11 is 32.4. The molecule has 106 heavy (non-hydrogen) atoms. The Morgan fingerprint density at radius 1 is 0.434 bits per heavy atom. The Labute approximate surface area is 664 Å². The summed E-state index contributed by atoms with van der Waals surface area (Å²) in [6.45, 7) is 4.62. The van der Waals surface area contributed by atoms with Crippen LogP contribution in [0.4, 0.5) is 35.9 Å². The number of aryl methyl sites for hydroxylation is 2. The van der Waals surface area contributed by atoms with E-state index in [0.29, 0.717) is 84.0 Å². The number of hydrogen-bond acceptors (Lipinski definition) is 14. The molecule has 8 aromatic rings. The fourth-order valence-corrected chi connectivity index (χ4v) is 14.1. The molecule has 0 spiro atoms. The fourth-order valence-electron chi connectivity index (χ4n) is 9.06. The van der Waals surface area contributed by atoms with E-state index in [9.17, 15) is 56.3 Å². The predicted molar refractivity (Wildman–Crippen MR) is 410 cm³/mol. The van der Waals surface area contributed by atoms with Crippen LogP contribution in [-0.2, 0) is 84.0 Å². The first-order valence-corrected chi connectivity index (χ1v) is 36.1. The first-order valence-electron chi connectivity index (χ1n) is 30.6. The van der Waals surface area contributed by atoms with Crippen molar-refractivity contribution in [3.63, 3.8) is 0 Å². The van der Waals surface area contributed by atoms with E-state index in [4.69, 9.17) is 67.8 Å². The van der Waals surface area contributed by atoms with Crippen molar-refractivity contribution in [3.05, 3.63) is 226 Å². The summed E-state index contributed by atoms with van der Waals surface area (Å²) in [7, 11) is 0. The minimum absolute atomic E-state index is 0.0280. The second kappa shape index (κ2) is 42.9. The van der Waals surface area contributed by atoms with Crippen LogP contribution in [0, 0.1) is 28.8 Å². The van der Waals surface area contributed by atoms with Crippen LogP contribution in [0.25, 0.3) is 0 Å². The van der Waals surface area contributed by atoms with E-state index in [1.54, 1.807) is 78.9 Å². The van der Waals surface area contributed by atoms with Crippen LogP contribution in [0.2, 0.25) is 10.0 Å². The van der Waals surface area contributed by atoms with Crippen LogP contribution in [0.1, 0.15) is 95.4 Å². The first kappa shape index (κ1) is 87.6. The van der Waals surface area contributed by atoms with Gasteiger partial charge in [-0.3, -0.25) is 43.2 Å². The maximum absolute atomic E-state index is 14.4. The van der Waals surface area contributed by atoms with E-state index in [1.807, 2.05) is 6.07 Å². The number of carbonyl (C=O) groups is 9. The molecule has 0 aliphatic rings. The Hall–Kier alpha value is -9.07. The molecule has 0 saturated heterocycles. The molecule has 0 unspecified atom stereocenters. The molecule has 0 atom stereocenters. The van der Waals surface area contributed by atoms with Crippen molar-refractivity contribution in [2.24, 2.45) is 0 Å². The average molecular weight is 1890 g/mol. The highest BCUT2D eigenvalue weighted by Crippen LogP contribution is 2.40. The van der Waals surface area contributed by atoms with Gasteiger partial charge in [0.15, 0.2) is 23.2 Å². The second-order valence-electron chi connectivity index (χ2n) is 22.1. The van der Waals surface area contributed by atoms with Crippen molar-refractivity contribution in [2.45, 2.75) is 86.2 Å². The summed E-state index contributed by atoms with van der Waals surface area (Å²) in [5.41, 5.74) is 4.92. The van der Waals surface area contributed by atoms with Crippen molar-refractivity contribution >= 4 is 195 Å². The molecule has 0 fully saturated rings. The number of aliphatic carboxylic acids is 4. The molecule has 0 heterocycles. The van der Waals surface area contributed by atoms with Gasteiger partial charge >= 0.3 is 23.9 Å². The monoisotopic (exact) mass is 1880 g/mol. The van der Waals surface area contributed by atoms with Gasteiger partial charge in [0.25, 0.3) is 5.91 Å². The van der Waals surface area contributed by atoms with E-state index < -0.39 is 53.8 Å². The van der Waals surface area contributed by atoms with Gasteiger partial charge in [-0.25, -0.2) is 13.2 Å². The van der Waals surface area contributed by atoms with Crippen LogP contribution >= 0.6 is 119 Å². The number of rotatable bonds is 27. The minimum atomic E-state index is -1.16. The van der Waals surface area contributed by atoms with Crippen molar-refractivity contribution in [3.8, 4) is 29.1 Å². The highest BCUT2D eigenvalue weighted by atomic mass is 79.9. The number of halogens is 11. The van der Waals surface area contributed by atoms with Crippen molar-refractivity contribution in [1.29, 1.82) is 5.26 Å². The topological polar surface area (TPSA) is 355 Å². The van der Waals surface area contributed by atoms with Crippen molar-refractivity contribution < 1.29 is 95.7 Å². The Bertz CT molecular complexity index is 4460. The molecule has 0 aliphatic heterocycles. The third-order valence-electron chi connectivity index (χ3n) is 13.6. The van der Waals surface area contributed by atoms with Gasteiger partial charge in [0.2, 0.25) is 23.6 Å². The third-order valence-corrected chi connectivity index (χ3v) is 17.7. The minimum Gasteiger partial charge on any atom is -0.487 e. The van der Waals surface area contributed by atoms with E-state index >= 15 is 0 Å². The van der Waals surface area contributed by atoms with Crippen LogP contribution < -0.4 is 45.5 Å². The fraction of sp³-hybridized carbons (Fsp3) is 0.194. The molecule has 558 valence electrons. The lowest BCUT2D eigenvalue weighted by atomic mass is 10.1.